The molecule has 0 aliphatic carbocycles. The Balaban J connectivity index is 2.13. The van der Waals surface area contributed by atoms with Crippen LogP contribution in [0.15, 0.2) is 24.3 Å². The summed E-state index contributed by atoms with van der Waals surface area (Å²) in [7, 11) is 0. The maximum absolute atomic E-state index is 12.5. The van der Waals surface area contributed by atoms with Crippen molar-refractivity contribution in [2.75, 3.05) is 25.0 Å². The molecule has 1 aromatic carbocycles. The van der Waals surface area contributed by atoms with Crippen LogP contribution in [0.4, 0.5) is 5.69 Å². The number of para-hydroxylation sites is 1. The maximum atomic E-state index is 12.5. The number of anilines is 1. The minimum Gasteiger partial charge on any atom is -0.464 e. The topological polar surface area (TPSA) is 58.6 Å². The van der Waals surface area contributed by atoms with E-state index in [0.717, 1.165) is 25.9 Å². The molecule has 0 bridgehead atoms. The fourth-order valence-electron chi connectivity index (χ4n) is 2.45. The fourth-order valence-corrected chi connectivity index (χ4v) is 2.45. The van der Waals surface area contributed by atoms with E-state index < -0.39 is 6.04 Å². The number of hydrogen-bond donors (Lipinski definition) is 1. The van der Waals surface area contributed by atoms with Crippen molar-refractivity contribution in [1.82, 2.24) is 4.90 Å². The molecule has 0 spiro atoms. The molecule has 0 saturated carbocycles. The number of carbonyl (C=O) groups is 2. The molecule has 21 heavy (non-hydrogen) atoms. The quantitative estimate of drug-likeness (QED) is 0.845. The van der Waals surface area contributed by atoms with Crippen molar-refractivity contribution in [1.29, 1.82) is 0 Å². The van der Waals surface area contributed by atoms with Crippen molar-refractivity contribution in [3.63, 3.8) is 0 Å². The van der Waals surface area contributed by atoms with Crippen LogP contribution in [0.2, 0.25) is 0 Å². The summed E-state index contributed by atoms with van der Waals surface area (Å²) in [6, 6.07) is 6.81. The minimum atomic E-state index is -0.488. The number of esters is 1. The second-order valence-corrected chi connectivity index (χ2v) is 5.16. The SMILES string of the molecule is CCOC(=O)C(C)Nc1ccccc1C(=O)N1CCCC1. The van der Waals surface area contributed by atoms with Crippen LogP contribution in [0.3, 0.4) is 0 Å². The second-order valence-electron chi connectivity index (χ2n) is 5.16. The molecule has 1 aliphatic rings. The van der Waals surface area contributed by atoms with E-state index in [2.05, 4.69) is 5.32 Å². The van der Waals surface area contributed by atoms with Crippen LogP contribution in [0.5, 0.6) is 0 Å². The number of rotatable bonds is 5. The van der Waals surface area contributed by atoms with Gasteiger partial charge in [-0.1, -0.05) is 12.1 Å². The Morgan fingerprint density at radius 3 is 2.62 bits per heavy atom. The fraction of sp³-hybridized carbons (Fsp3) is 0.500. The third-order valence-corrected chi connectivity index (χ3v) is 3.56. The number of hydrogen-bond acceptors (Lipinski definition) is 4. The van der Waals surface area contributed by atoms with Gasteiger partial charge in [0.05, 0.1) is 12.2 Å². The minimum absolute atomic E-state index is 0.0201. The van der Waals surface area contributed by atoms with E-state index in [1.807, 2.05) is 23.1 Å². The summed E-state index contributed by atoms with van der Waals surface area (Å²) in [6.45, 7) is 5.46. The number of ether oxygens (including phenoxy) is 1. The third kappa shape index (κ3) is 3.74. The summed E-state index contributed by atoms with van der Waals surface area (Å²) < 4.78 is 4.98. The van der Waals surface area contributed by atoms with E-state index in [0.29, 0.717) is 17.9 Å². The Labute approximate surface area is 125 Å². The zero-order chi connectivity index (χ0) is 15.2. The van der Waals surface area contributed by atoms with Crippen LogP contribution in [0, 0.1) is 0 Å². The molecule has 1 N–H and O–H groups in total. The predicted octanol–water partition coefficient (Wildman–Crippen LogP) is 2.29. The Kier molecular flexibility index (Phi) is 5.20. The molecular weight excluding hydrogens is 268 g/mol. The molecule has 1 aliphatic heterocycles. The lowest BCUT2D eigenvalue weighted by Crippen LogP contribution is -2.31. The lowest BCUT2D eigenvalue weighted by Gasteiger charge is -2.20. The van der Waals surface area contributed by atoms with Gasteiger partial charge in [0.15, 0.2) is 0 Å². The van der Waals surface area contributed by atoms with Crippen molar-refractivity contribution in [3.05, 3.63) is 29.8 Å². The van der Waals surface area contributed by atoms with Crippen molar-refractivity contribution in [3.8, 4) is 0 Å². The van der Waals surface area contributed by atoms with Gasteiger partial charge in [0, 0.05) is 18.8 Å². The van der Waals surface area contributed by atoms with Crippen molar-refractivity contribution < 1.29 is 14.3 Å². The van der Waals surface area contributed by atoms with E-state index in [-0.39, 0.29) is 11.9 Å². The van der Waals surface area contributed by atoms with Gasteiger partial charge in [-0.2, -0.15) is 0 Å². The second kappa shape index (κ2) is 7.11. The zero-order valence-electron chi connectivity index (χ0n) is 12.6. The van der Waals surface area contributed by atoms with E-state index >= 15 is 0 Å². The lowest BCUT2D eigenvalue weighted by atomic mass is 10.1. The van der Waals surface area contributed by atoms with Crippen LogP contribution in [-0.2, 0) is 9.53 Å². The van der Waals surface area contributed by atoms with Crippen molar-refractivity contribution in [2.24, 2.45) is 0 Å². The Bertz CT molecular complexity index is 510. The summed E-state index contributed by atoms with van der Waals surface area (Å²) in [6.07, 6.45) is 2.11. The van der Waals surface area contributed by atoms with Crippen LogP contribution in [0.1, 0.15) is 37.0 Å². The highest BCUT2D eigenvalue weighted by Crippen LogP contribution is 2.21. The highest BCUT2D eigenvalue weighted by Gasteiger charge is 2.23. The number of carbonyl (C=O) groups excluding carboxylic acids is 2. The Morgan fingerprint density at radius 2 is 1.95 bits per heavy atom. The average molecular weight is 290 g/mol. The molecule has 114 valence electrons. The van der Waals surface area contributed by atoms with Gasteiger partial charge in [-0.05, 0) is 38.8 Å². The predicted molar refractivity (Wildman–Crippen MR) is 81.3 cm³/mol. The summed E-state index contributed by atoms with van der Waals surface area (Å²) in [5, 5.41) is 3.08. The molecule has 1 amide bonds. The maximum Gasteiger partial charge on any atom is 0.328 e. The molecule has 5 heteroatoms. The largest absolute Gasteiger partial charge is 0.464 e. The number of benzene rings is 1. The molecule has 1 fully saturated rings. The molecular formula is C16H22N2O3. The highest BCUT2D eigenvalue weighted by atomic mass is 16.5. The van der Waals surface area contributed by atoms with Crippen molar-refractivity contribution >= 4 is 17.6 Å². The van der Waals surface area contributed by atoms with Gasteiger partial charge >= 0.3 is 5.97 Å². The summed E-state index contributed by atoms with van der Waals surface area (Å²) in [5.74, 6) is -0.299. The lowest BCUT2D eigenvalue weighted by molar-refractivity contribution is -0.143. The number of likely N-dealkylation sites (tertiary alicyclic amines) is 1. The molecule has 1 unspecified atom stereocenters. The van der Waals surface area contributed by atoms with E-state index in [9.17, 15) is 9.59 Å². The van der Waals surface area contributed by atoms with Crippen LogP contribution in [0.25, 0.3) is 0 Å². The first-order valence-corrected chi connectivity index (χ1v) is 7.45. The van der Waals surface area contributed by atoms with Gasteiger partial charge in [0.25, 0.3) is 5.91 Å². The van der Waals surface area contributed by atoms with Gasteiger partial charge in [-0.25, -0.2) is 4.79 Å². The zero-order valence-corrected chi connectivity index (χ0v) is 12.6. The molecule has 2 rings (SSSR count). The van der Waals surface area contributed by atoms with Crippen molar-refractivity contribution in [2.45, 2.75) is 32.7 Å². The first kappa shape index (κ1) is 15.4. The van der Waals surface area contributed by atoms with Crippen LogP contribution < -0.4 is 5.32 Å². The monoisotopic (exact) mass is 290 g/mol. The van der Waals surface area contributed by atoms with Gasteiger partial charge in [-0.3, -0.25) is 4.79 Å². The smallest absolute Gasteiger partial charge is 0.328 e. The third-order valence-electron chi connectivity index (χ3n) is 3.56. The molecule has 0 radical (unpaired) electrons. The first-order chi connectivity index (χ1) is 10.1. The molecule has 1 atom stereocenters. The van der Waals surface area contributed by atoms with Crippen LogP contribution in [-0.4, -0.2) is 42.5 Å². The van der Waals surface area contributed by atoms with E-state index in [1.54, 1.807) is 19.9 Å². The standard InChI is InChI=1S/C16H22N2O3/c1-3-21-16(20)12(2)17-14-9-5-4-8-13(14)15(19)18-10-6-7-11-18/h4-5,8-9,12,17H,3,6-7,10-11H2,1-2H3. The average Bonchev–Trinajstić information content (AvgIpc) is 3.01. The molecule has 5 nitrogen and oxygen atoms in total. The van der Waals surface area contributed by atoms with Gasteiger partial charge in [0.2, 0.25) is 0 Å². The van der Waals surface area contributed by atoms with Crippen LogP contribution >= 0.6 is 0 Å². The number of nitrogens with one attached hydrogen (secondary N) is 1. The summed E-state index contributed by atoms with van der Waals surface area (Å²) in [4.78, 5) is 26.1. The number of amides is 1. The number of nitrogens with zero attached hydrogens (tertiary/aromatic N) is 1. The molecule has 1 saturated heterocycles. The molecule has 1 heterocycles. The van der Waals surface area contributed by atoms with E-state index in [1.165, 1.54) is 0 Å². The van der Waals surface area contributed by atoms with Gasteiger partial charge < -0.3 is 15.0 Å². The highest BCUT2D eigenvalue weighted by molar-refractivity contribution is 6.00. The Morgan fingerprint density at radius 1 is 1.29 bits per heavy atom. The first-order valence-electron chi connectivity index (χ1n) is 7.45. The molecule has 1 aromatic rings. The summed E-state index contributed by atoms with van der Waals surface area (Å²) >= 11 is 0. The van der Waals surface area contributed by atoms with Gasteiger partial charge in [-0.15, -0.1) is 0 Å². The summed E-state index contributed by atoms with van der Waals surface area (Å²) in [5.41, 5.74) is 1.28. The van der Waals surface area contributed by atoms with Gasteiger partial charge in [0.1, 0.15) is 6.04 Å². The Hall–Kier alpha value is -2.04. The van der Waals surface area contributed by atoms with E-state index in [4.69, 9.17) is 4.74 Å². The molecule has 0 aromatic heterocycles. The normalized spacial score (nSPS) is 15.6.